The highest BCUT2D eigenvalue weighted by atomic mass is 35.5. The highest BCUT2D eigenvalue weighted by molar-refractivity contribution is 6.33. The van der Waals surface area contributed by atoms with Gasteiger partial charge in [0.05, 0.1) is 5.56 Å². The first-order valence-corrected chi connectivity index (χ1v) is 7.53. The predicted molar refractivity (Wildman–Crippen MR) is 88.6 cm³/mol. The minimum atomic E-state index is -0.299. The topological polar surface area (TPSA) is 71.8 Å². The normalized spacial score (nSPS) is 11.0. The molecule has 0 unspecified atom stereocenters. The fourth-order valence-corrected chi connectivity index (χ4v) is 2.06. The number of amides is 1. The third kappa shape index (κ3) is 3.76. The van der Waals surface area contributed by atoms with Crippen molar-refractivity contribution in [2.75, 3.05) is 10.6 Å². The molecule has 2 rings (SSSR count). The Balaban J connectivity index is 2.23. The zero-order chi connectivity index (χ0) is 16.3. The van der Waals surface area contributed by atoms with Gasteiger partial charge in [-0.1, -0.05) is 11.6 Å². The van der Waals surface area contributed by atoms with Crippen LogP contribution >= 0.6 is 11.6 Å². The highest BCUT2D eigenvalue weighted by Crippen LogP contribution is 2.23. The van der Waals surface area contributed by atoms with Crippen molar-refractivity contribution in [1.29, 1.82) is 0 Å². The summed E-state index contributed by atoms with van der Waals surface area (Å²) < 4.78 is 1.70. The molecule has 118 valence electrons. The van der Waals surface area contributed by atoms with Crippen molar-refractivity contribution in [2.45, 2.75) is 39.8 Å². The van der Waals surface area contributed by atoms with E-state index >= 15 is 0 Å². The molecule has 0 saturated carbocycles. The number of hydrogen-bond donors (Lipinski definition) is 2. The molecule has 0 saturated heterocycles. The molecule has 2 aromatic heterocycles. The zero-order valence-electron chi connectivity index (χ0n) is 13.1. The molecule has 2 N–H and O–H groups in total. The van der Waals surface area contributed by atoms with Gasteiger partial charge in [-0.05, 0) is 39.8 Å². The Morgan fingerprint density at radius 2 is 2.00 bits per heavy atom. The van der Waals surface area contributed by atoms with Crippen LogP contribution in [0.2, 0.25) is 5.02 Å². The summed E-state index contributed by atoms with van der Waals surface area (Å²) in [5, 5.41) is 10.6. The van der Waals surface area contributed by atoms with E-state index in [1.165, 1.54) is 0 Å². The molecule has 0 fully saturated rings. The fourth-order valence-electron chi connectivity index (χ4n) is 1.87. The number of nitrogens with zero attached hydrogens (tertiary/aromatic N) is 3. The van der Waals surface area contributed by atoms with Crippen molar-refractivity contribution >= 4 is 29.1 Å². The number of nitrogens with one attached hydrogen (secondary N) is 2. The lowest BCUT2D eigenvalue weighted by Gasteiger charge is -2.12. The molecule has 2 heterocycles. The van der Waals surface area contributed by atoms with E-state index in [2.05, 4.69) is 20.7 Å². The number of halogens is 1. The Bertz CT molecular complexity index is 666. The van der Waals surface area contributed by atoms with Crippen LogP contribution in [0.1, 0.15) is 44.1 Å². The first kappa shape index (κ1) is 16.3. The van der Waals surface area contributed by atoms with Crippen LogP contribution in [-0.4, -0.2) is 26.7 Å². The summed E-state index contributed by atoms with van der Waals surface area (Å²) in [6.45, 7) is 7.94. The average Bonchev–Trinajstić information content (AvgIpc) is 2.80. The van der Waals surface area contributed by atoms with E-state index in [4.69, 9.17) is 11.6 Å². The van der Waals surface area contributed by atoms with E-state index in [0.717, 1.165) is 0 Å². The second-order valence-electron chi connectivity index (χ2n) is 5.55. The van der Waals surface area contributed by atoms with Gasteiger partial charge >= 0.3 is 0 Å². The molecule has 0 aliphatic rings. The van der Waals surface area contributed by atoms with E-state index in [1.54, 1.807) is 29.2 Å². The summed E-state index contributed by atoms with van der Waals surface area (Å²) in [5.74, 6) is 0.585. The molecule has 22 heavy (non-hydrogen) atoms. The van der Waals surface area contributed by atoms with Crippen LogP contribution in [0.15, 0.2) is 24.5 Å². The number of carbonyl (C=O) groups is 1. The maximum absolute atomic E-state index is 12.4. The van der Waals surface area contributed by atoms with Gasteiger partial charge in [0.15, 0.2) is 5.82 Å². The van der Waals surface area contributed by atoms with E-state index < -0.39 is 0 Å². The number of pyridine rings is 1. The number of carbonyl (C=O) groups excluding carboxylic acids is 1. The minimum absolute atomic E-state index is 0.166. The predicted octanol–water partition coefficient (Wildman–Crippen LogP) is 3.59. The fraction of sp³-hybridized carbons (Fsp3) is 0.400. The largest absolute Gasteiger partial charge is 0.367 e. The molecule has 0 aliphatic carbocycles. The van der Waals surface area contributed by atoms with Crippen molar-refractivity contribution in [2.24, 2.45) is 0 Å². The summed E-state index contributed by atoms with van der Waals surface area (Å²) in [7, 11) is 0. The maximum Gasteiger partial charge on any atom is 0.260 e. The SMILES string of the molecule is CC(C)Nc1ncccc1C(=O)Nc1nn(C(C)C)cc1Cl. The standard InChI is InChI=1S/C15H20ClN5O/c1-9(2)18-13-11(6-5-7-17-13)15(22)19-14-12(16)8-21(20-14)10(3)4/h5-10H,1-4H3,(H,17,18)(H,19,20,22). The van der Waals surface area contributed by atoms with Gasteiger partial charge in [0, 0.05) is 24.5 Å². The van der Waals surface area contributed by atoms with Crippen molar-refractivity contribution in [3.63, 3.8) is 0 Å². The number of hydrogen-bond acceptors (Lipinski definition) is 4. The Kier molecular flexibility index (Phi) is 5.03. The molecular weight excluding hydrogens is 302 g/mol. The zero-order valence-corrected chi connectivity index (χ0v) is 13.8. The quantitative estimate of drug-likeness (QED) is 0.882. The van der Waals surface area contributed by atoms with Gasteiger partial charge in [-0.2, -0.15) is 5.10 Å². The van der Waals surface area contributed by atoms with Crippen molar-refractivity contribution in [1.82, 2.24) is 14.8 Å². The molecule has 0 radical (unpaired) electrons. The van der Waals surface area contributed by atoms with Crippen LogP contribution in [0.25, 0.3) is 0 Å². The second kappa shape index (κ2) is 6.79. The van der Waals surface area contributed by atoms with E-state index in [-0.39, 0.29) is 18.0 Å². The van der Waals surface area contributed by atoms with Crippen LogP contribution in [-0.2, 0) is 0 Å². The summed E-state index contributed by atoms with van der Waals surface area (Å²) >= 11 is 6.12. The summed E-state index contributed by atoms with van der Waals surface area (Å²) in [4.78, 5) is 16.7. The molecule has 2 aromatic rings. The van der Waals surface area contributed by atoms with Gasteiger partial charge in [0.1, 0.15) is 10.8 Å². The van der Waals surface area contributed by atoms with Crippen LogP contribution in [0.5, 0.6) is 0 Å². The van der Waals surface area contributed by atoms with Crippen molar-refractivity contribution < 1.29 is 4.79 Å². The van der Waals surface area contributed by atoms with Crippen LogP contribution in [0.4, 0.5) is 11.6 Å². The summed E-state index contributed by atoms with van der Waals surface area (Å²) in [6.07, 6.45) is 3.33. The first-order chi connectivity index (χ1) is 10.4. The Morgan fingerprint density at radius 1 is 1.27 bits per heavy atom. The molecule has 0 aromatic carbocycles. The van der Waals surface area contributed by atoms with Crippen molar-refractivity contribution in [3.8, 4) is 0 Å². The average molecular weight is 322 g/mol. The first-order valence-electron chi connectivity index (χ1n) is 7.16. The van der Waals surface area contributed by atoms with Crippen LogP contribution in [0.3, 0.4) is 0 Å². The third-order valence-corrected chi connectivity index (χ3v) is 3.20. The van der Waals surface area contributed by atoms with E-state index in [1.807, 2.05) is 27.7 Å². The molecule has 0 spiro atoms. The lowest BCUT2D eigenvalue weighted by Crippen LogP contribution is -2.19. The number of aromatic nitrogens is 3. The van der Waals surface area contributed by atoms with Gasteiger partial charge < -0.3 is 10.6 Å². The van der Waals surface area contributed by atoms with Gasteiger partial charge in [-0.25, -0.2) is 4.98 Å². The van der Waals surface area contributed by atoms with Gasteiger partial charge in [-0.3, -0.25) is 9.48 Å². The monoisotopic (exact) mass is 321 g/mol. The lowest BCUT2D eigenvalue weighted by atomic mass is 10.2. The molecule has 6 nitrogen and oxygen atoms in total. The lowest BCUT2D eigenvalue weighted by molar-refractivity contribution is 0.102. The highest BCUT2D eigenvalue weighted by Gasteiger charge is 2.17. The molecule has 1 amide bonds. The van der Waals surface area contributed by atoms with Gasteiger partial charge in [0.25, 0.3) is 5.91 Å². The van der Waals surface area contributed by atoms with Crippen molar-refractivity contribution in [3.05, 3.63) is 35.1 Å². The minimum Gasteiger partial charge on any atom is -0.367 e. The second-order valence-corrected chi connectivity index (χ2v) is 5.96. The number of rotatable bonds is 5. The summed E-state index contributed by atoms with van der Waals surface area (Å²) in [6, 6.07) is 3.76. The maximum atomic E-state index is 12.4. The molecule has 0 atom stereocenters. The van der Waals surface area contributed by atoms with Gasteiger partial charge in [0.2, 0.25) is 0 Å². The molecule has 7 heteroatoms. The number of anilines is 2. The molecule has 0 bridgehead atoms. The smallest absolute Gasteiger partial charge is 0.260 e. The van der Waals surface area contributed by atoms with Crippen LogP contribution in [0, 0.1) is 0 Å². The van der Waals surface area contributed by atoms with E-state index in [9.17, 15) is 4.79 Å². The molecule has 0 aliphatic heterocycles. The summed E-state index contributed by atoms with van der Waals surface area (Å²) in [5.41, 5.74) is 0.450. The Hall–Kier alpha value is -2.08. The van der Waals surface area contributed by atoms with Gasteiger partial charge in [-0.15, -0.1) is 0 Å². The van der Waals surface area contributed by atoms with E-state index in [0.29, 0.717) is 22.2 Å². The third-order valence-electron chi connectivity index (χ3n) is 2.93. The molecular formula is C15H20ClN5O. The Morgan fingerprint density at radius 3 is 2.59 bits per heavy atom. The Labute approximate surface area is 134 Å². The van der Waals surface area contributed by atoms with Crippen LogP contribution < -0.4 is 10.6 Å².